The highest BCUT2D eigenvalue weighted by atomic mass is 16.5. The lowest BCUT2D eigenvalue weighted by Crippen LogP contribution is -2.54. The van der Waals surface area contributed by atoms with Gasteiger partial charge in [0.1, 0.15) is 35.4 Å². The molecule has 4 aliphatic heterocycles. The molecule has 0 saturated carbocycles. The summed E-state index contributed by atoms with van der Waals surface area (Å²) in [6.07, 6.45) is 3.26. The van der Waals surface area contributed by atoms with Gasteiger partial charge in [-0.1, -0.05) is 18.2 Å². The fraction of sp³-hybridized carbons (Fsp3) is 0.333. The summed E-state index contributed by atoms with van der Waals surface area (Å²) in [5.41, 5.74) is 9.89. The average molecular weight is 798 g/mol. The van der Waals surface area contributed by atoms with Crippen LogP contribution in [0.25, 0.3) is 22.3 Å². The number of fused-ring (bicyclic) bond motifs is 2. The Labute approximate surface area is 339 Å². The summed E-state index contributed by atoms with van der Waals surface area (Å²) in [5, 5.41) is 11.0. The van der Waals surface area contributed by atoms with E-state index in [2.05, 4.69) is 30.4 Å². The summed E-state index contributed by atoms with van der Waals surface area (Å²) in [4.78, 5) is 80.1. The zero-order valence-corrected chi connectivity index (χ0v) is 32.3. The lowest BCUT2D eigenvalue weighted by molar-refractivity contribution is -0.136. The number of hydrogen-bond acceptors (Lipinski definition) is 12. The van der Waals surface area contributed by atoms with Crippen molar-refractivity contribution in [3.8, 4) is 22.8 Å². The number of piperazine rings is 1. The van der Waals surface area contributed by atoms with Gasteiger partial charge in [0.15, 0.2) is 5.65 Å². The predicted octanol–water partition coefficient (Wildman–Crippen LogP) is 3.44. The maximum absolute atomic E-state index is 13.5. The van der Waals surface area contributed by atoms with Crippen molar-refractivity contribution in [2.75, 3.05) is 63.0 Å². The van der Waals surface area contributed by atoms with Gasteiger partial charge in [0, 0.05) is 70.0 Å². The first-order valence-corrected chi connectivity index (χ1v) is 19.9. The van der Waals surface area contributed by atoms with Crippen molar-refractivity contribution in [1.29, 1.82) is 0 Å². The molecule has 5 aromatic rings. The van der Waals surface area contributed by atoms with Gasteiger partial charge in [0.25, 0.3) is 11.8 Å². The molecular formula is C42H43N11O6. The van der Waals surface area contributed by atoms with Crippen LogP contribution in [0.1, 0.15) is 52.4 Å². The maximum Gasteiger partial charge on any atom is 0.317 e. The predicted molar refractivity (Wildman–Crippen MR) is 217 cm³/mol. The van der Waals surface area contributed by atoms with Crippen molar-refractivity contribution in [3.63, 3.8) is 0 Å². The molecule has 3 aromatic carbocycles. The molecule has 0 spiro atoms. The molecule has 9 rings (SSSR count). The van der Waals surface area contributed by atoms with E-state index in [0.29, 0.717) is 67.6 Å². The number of imide groups is 2. The van der Waals surface area contributed by atoms with Gasteiger partial charge in [-0.3, -0.25) is 34.3 Å². The summed E-state index contributed by atoms with van der Waals surface area (Å²) in [5.74, 6) is -0.299. The number of nitrogens with two attached hydrogens (primary N) is 1. The SMILES string of the molecule is Nc1ncnc2c1c(-c1ccc(Oc3ccccc3)cc1)nn2C1CCCN(C(=O)NCCN2CCN(c3ccc4c(c3)C(=O)N(C3CCC(=O)NC3=O)C4=O)CC2)C1. The first kappa shape index (κ1) is 37.7. The molecule has 17 nitrogen and oxygen atoms in total. The van der Waals surface area contributed by atoms with Crippen molar-refractivity contribution in [2.24, 2.45) is 0 Å². The quantitative estimate of drug-likeness (QED) is 0.184. The highest BCUT2D eigenvalue weighted by Crippen LogP contribution is 2.35. The van der Waals surface area contributed by atoms with Crippen LogP contribution >= 0.6 is 0 Å². The molecule has 4 aliphatic rings. The number of nitrogen functional groups attached to an aromatic ring is 1. The molecule has 2 unspecified atom stereocenters. The first-order valence-electron chi connectivity index (χ1n) is 19.9. The molecule has 0 aliphatic carbocycles. The number of benzene rings is 3. The Hall–Kier alpha value is -6.88. The van der Waals surface area contributed by atoms with Crippen LogP contribution in [0.4, 0.5) is 16.3 Å². The number of nitrogens with one attached hydrogen (secondary N) is 2. The number of piperidine rings is 2. The average Bonchev–Trinajstić information content (AvgIpc) is 3.77. The number of urea groups is 1. The first-order chi connectivity index (χ1) is 28.7. The van der Waals surface area contributed by atoms with Crippen molar-refractivity contribution in [1.82, 2.24) is 45.1 Å². The van der Waals surface area contributed by atoms with Crippen molar-refractivity contribution in [3.05, 3.63) is 90.3 Å². The third-order valence-electron chi connectivity index (χ3n) is 11.5. The van der Waals surface area contributed by atoms with Crippen LogP contribution in [-0.4, -0.2) is 123 Å². The molecule has 2 atom stereocenters. The Morgan fingerprint density at radius 3 is 2.41 bits per heavy atom. The number of ether oxygens (including phenoxy) is 1. The second-order valence-corrected chi connectivity index (χ2v) is 15.2. The van der Waals surface area contributed by atoms with Gasteiger partial charge in [-0.25, -0.2) is 19.4 Å². The van der Waals surface area contributed by atoms with Crippen LogP contribution in [0.3, 0.4) is 0 Å². The molecule has 3 fully saturated rings. The number of likely N-dealkylation sites (tertiary alicyclic amines) is 1. The van der Waals surface area contributed by atoms with E-state index in [1.165, 1.54) is 6.33 Å². The van der Waals surface area contributed by atoms with E-state index in [1.807, 2.05) is 70.2 Å². The number of aromatic nitrogens is 4. The molecule has 2 aromatic heterocycles. The van der Waals surface area contributed by atoms with Gasteiger partial charge in [0.2, 0.25) is 11.8 Å². The molecule has 4 N–H and O–H groups in total. The van der Waals surface area contributed by atoms with Gasteiger partial charge in [-0.2, -0.15) is 5.10 Å². The third kappa shape index (κ3) is 7.40. The number of hydrogen-bond donors (Lipinski definition) is 3. The third-order valence-corrected chi connectivity index (χ3v) is 11.5. The standard InChI is InChI=1S/C42H43N11O6/c43-37-35-36(26-8-11-30(12-9-26)59-29-6-2-1-3-7-29)48-53(38(35)46-25-45-37)28-5-4-17-51(24-28)42(58)44-16-18-49-19-21-50(22-20-49)27-10-13-31-32(23-27)41(57)52(40(31)56)33-14-15-34(54)47-39(33)55/h1-3,6-13,23,25,28,33H,4-5,14-22,24H2,(H,44,58)(H2,43,45,46)(H,47,54,55). The minimum atomic E-state index is -1.000. The van der Waals surface area contributed by atoms with Crippen molar-refractivity contribution >= 4 is 52.2 Å². The Morgan fingerprint density at radius 1 is 0.864 bits per heavy atom. The van der Waals surface area contributed by atoms with Crippen LogP contribution in [0.15, 0.2) is 79.1 Å². The monoisotopic (exact) mass is 797 g/mol. The Kier molecular flexibility index (Phi) is 10.1. The van der Waals surface area contributed by atoms with Crippen LogP contribution in [0.5, 0.6) is 11.5 Å². The number of amides is 6. The molecule has 17 heteroatoms. The molecule has 59 heavy (non-hydrogen) atoms. The molecule has 3 saturated heterocycles. The largest absolute Gasteiger partial charge is 0.457 e. The van der Waals surface area contributed by atoms with Crippen LogP contribution in [0, 0.1) is 0 Å². The fourth-order valence-corrected chi connectivity index (χ4v) is 8.41. The Morgan fingerprint density at radius 2 is 1.63 bits per heavy atom. The number of rotatable bonds is 9. The highest BCUT2D eigenvalue weighted by molar-refractivity contribution is 6.23. The fourth-order valence-electron chi connectivity index (χ4n) is 8.41. The van der Waals surface area contributed by atoms with Crippen molar-refractivity contribution in [2.45, 2.75) is 37.8 Å². The summed E-state index contributed by atoms with van der Waals surface area (Å²) >= 11 is 0. The topological polar surface area (TPSA) is 201 Å². The van der Waals surface area contributed by atoms with E-state index in [9.17, 15) is 24.0 Å². The Balaban J connectivity index is 0.785. The molecular weight excluding hydrogens is 755 g/mol. The molecule has 6 heterocycles. The van der Waals surface area contributed by atoms with E-state index in [1.54, 1.807) is 12.1 Å². The van der Waals surface area contributed by atoms with Gasteiger partial charge in [-0.15, -0.1) is 0 Å². The van der Waals surface area contributed by atoms with E-state index < -0.39 is 29.7 Å². The number of carbonyl (C=O) groups excluding carboxylic acids is 5. The van der Waals surface area contributed by atoms with E-state index in [4.69, 9.17) is 15.6 Å². The van der Waals surface area contributed by atoms with E-state index in [-0.39, 0.29) is 36.0 Å². The van der Waals surface area contributed by atoms with Gasteiger partial charge in [-0.05, 0) is 73.9 Å². The number of anilines is 2. The zero-order chi connectivity index (χ0) is 40.6. The Bertz CT molecular complexity index is 2450. The normalized spacial score (nSPS) is 19.9. The molecule has 302 valence electrons. The smallest absolute Gasteiger partial charge is 0.317 e. The second-order valence-electron chi connectivity index (χ2n) is 15.2. The number of carbonyl (C=O) groups is 5. The van der Waals surface area contributed by atoms with Crippen LogP contribution < -0.4 is 26.0 Å². The minimum absolute atomic E-state index is 0.0723. The summed E-state index contributed by atoms with van der Waals surface area (Å²) < 4.78 is 7.87. The maximum atomic E-state index is 13.5. The van der Waals surface area contributed by atoms with E-state index in [0.717, 1.165) is 47.8 Å². The summed E-state index contributed by atoms with van der Waals surface area (Å²) in [6, 6.07) is 21.2. The molecule has 6 amide bonds. The zero-order valence-electron chi connectivity index (χ0n) is 32.3. The van der Waals surface area contributed by atoms with Gasteiger partial charge in [0.05, 0.1) is 22.6 Å². The molecule has 0 radical (unpaired) electrons. The van der Waals surface area contributed by atoms with E-state index >= 15 is 0 Å². The van der Waals surface area contributed by atoms with Crippen LogP contribution in [0.2, 0.25) is 0 Å². The van der Waals surface area contributed by atoms with Crippen molar-refractivity contribution < 1.29 is 28.7 Å². The highest BCUT2D eigenvalue weighted by Gasteiger charge is 2.45. The van der Waals surface area contributed by atoms with Crippen LogP contribution in [-0.2, 0) is 9.59 Å². The summed E-state index contributed by atoms with van der Waals surface area (Å²) in [6.45, 7) is 5.13. The molecule has 0 bridgehead atoms. The lowest BCUT2D eigenvalue weighted by atomic mass is 10.0. The number of para-hydroxylation sites is 1. The number of nitrogens with zero attached hydrogens (tertiary/aromatic N) is 8. The second kappa shape index (κ2) is 15.8. The minimum Gasteiger partial charge on any atom is -0.457 e. The summed E-state index contributed by atoms with van der Waals surface area (Å²) in [7, 11) is 0. The lowest BCUT2D eigenvalue weighted by Gasteiger charge is -2.36. The van der Waals surface area contributed by atoms with Gasteiger partial charge < -0.3 is 25.6 Å². The van der Waals surface area contributed by atoms with Gasteiger partial charge >= 0.3 is 6.03 Å².